The molecule has 1 amide bonds. The molecule has 0 saturated carbocycles. The molecule has 2 aromatic heterocycles. The van der Waals surface area contributed by atoms with Crippen LogP contribution >= 0.6 is 11.7 Å². The zero-order chi connectivity index (χ0) is 18.9. The van der Waals surface area contributed by atoms with Crippen molar-refractivity contribution in [1.82, 2.24) is 23.4 Å². The Morgan fingerprint density at radius 3 is 2.74 bits per heavy atom. The average molecular weight is 403 g/mol. The Morgan fingerprint density at radius 2 is 2.00 bits per heavy atom. The van der Waals surface area contributed by atoms with Gasteiger partial charge in [0.25, 0.3) is 0 Å². The van der Waals surface area contributed by atoms with Gasteiger partial charge in [0.1, 0.15) is 15.9 Å². The first-order valence-corrected chi connectivity index (χ1v) is 10.6. The third kappa shape index (κ3) is 3.68. The van der Waals surface area contributed by atoms with Crippen LogP contribution in [-0.2, 0) is 21.4 Å². The Hall–Kier alpha value is -2.43. The zero-order valence-electron chi connectivity index (χ0n) is 14.3. The Bertz CT molecular complexity index is 1070. The molecule has 0 spiro atoms. The molecular formula is C17H17N5O3S2. The number of carbonyl (C=O) groups is 1. The van der Waals surface area contributed by atoms with E-state index in [2.05, 4.69) is 19.0 Å². The molecule has 1 aliphatic rings. The van der Waals surface area contributed by atoms with Gasteiger partial charge in [0, 0.05) is 37.9 Å². The largest absolute Gasteiger partial charge is 0.352 e. The van der Waals surface area contributed by atoms with Crippen molar-refractivity contribution in [3.8, 4) is 0 Å². The second kappa shape index (κ2) is 7.29. The van der Waals surface area contributed by atoms with Crippen LogP contribution in [0.3, 0.4) is 0 Å². The minimum Gasteiger partial charge on any atom is -0.352 e. The molecule has 3 aromatic rings. The highest BCUT2D eigenvalue weighted by Crippen LogP contribution is 2.26. The molecule has 1 N–H and O–H groups in total. The number of nitrogens with one attached hydrogen (secondary N) is 1. The lowest BCUT2D eigenvalue weighted by atomic mass is 10.2. The predicted molar refractivity (Wildman–Crippen MR) is 100 cm³/mol. The zero-order valence-corrected chi connectivity index (χ0v) is 15.9. The van der Waals surface area contributed by atoms with Crippen molar-refractivity contribution in [3.05, 3.63) is 48.3 Å². The number of rotatable bonds is 6. The van der Waals surface area contributed by atoms with E-state index in [0.717, 1.165) is 17.3 Å². The number of hydrogen-bond donors (Lipinski definition) is 1. The van der Waals surface area contributed by atoms with Gasteiger partial charge in [-0.25, -0.2) is 8.42 Å². The van der Waals surface area contributed by atoms with Crippen LogP contribution in [0.15, 0.2) is 47.6 Å². The third-order valence-electron chi connectivity index (χ3n) is 4.48. The molecule has 0 bridgehead atoms. The van der Waals surface area contributed by atoms with Crippen molar-refractivity contribution in [2.24, 2.45) is 0 Å². The van der Waals surface area contributed by atoms with Crippen molar-refractivity contribution < 1.29 is 13.2 Å². The standard InChI is InChI=1S/C17H17N5O3S2/c23-16-5-4-13(19-16)11-22(10-12-6-8-18-9-7-12)27(24,25)15-3-1-2-14-17(15)21-26-20-14/h1-3,6-9,13H,4-5,10-11H2,(H,19,23)/t13-/m0/s1. The number of benzene rings is 1. The van der Waals surface area contributed by atoms with E-state index in [4.69, 9.17) is 0 Å². The molecule has 0 aliphatic carbocycles. The van der Waals surface area contributed by atoms with E-state index in [1.807, 2.05) is 0 Å². The van der Waals surface area contributed by atoms with Crippen LogP contribution in [0, 0.1) is 0 Å². The Balaban J connectivity index is 1.71. The molecule has 0 unspecified atom stereocenters. The number of aromatic nitrogens is 3. The van der Waals surface area contributed by atoms with Crippen LogP contribution in [-0.4, -0.2) is 44.9 Å². The van der Waals surface area contributed by atoms with Gasteiger partial charge >= 0.3 is 0 Å². The summed E-state index contributed by atoms with van der Waals surface area (Å²) < 4.78 is 36.6. The maximum absolute atomic E-state index is 13.5. The highest BCUT2D eigenvalue weighted by Gasteiger charge is 2.32. The molecular weight excluding hydrogens is 386 g/mol. The topological polar surface area (TPSA) is 105 Å². The van der Waals surface area contributed by atoms with Gasteiger partial charge in [0.05, 0.1) is 11.7 Å². The van der Waals surface area contributed by atoms with Crippen LogP contribution in [0.1, 0.15) is 18.4 Å². The van der Waals surface area contributed by atoms with Crippen molar-refractivity contribution in [2.75, 3.05) is 6.54 Å². The fraction of sp³-hybridized carbons (Fsp3) is 0.294. The number of amides is 1. The quantitative estimate of drug-likeness (QED) is 0.670. The molecule has 0 radical (unpaired) electrons. The molecule has 140 valence electrons. The number of hydrogen-bond acceptors (Lipinski definition) is 7. The summed E-state index contributed by atoms with van der Waals surface area (Å²) in [5.41, 5.74) is 1.75. The lowest BCUT2D eigenvalue weighted by Crippen LogP contribution is -2.41. The lowest BCUT2D eigenvalue weighted by Gasteiger charge is -2.25. The molecule has 1 aromatic carbocycles. The highest BCUT2D eigenvalue weighted by atomic mass is 32.2. The summed E-state index contributed by atoms with van der Waals surface area (Å²) in [6.07, 6.45) is 4.29. The molecule has 3 heterocycles. The average Bonchev–Trinajstić information content (AvgIpc) is 3.30. The Labute approximate surface area is 160 Å². The number of carbonyl (C=O) groups excluding carboxylic acids is 1. The van der Waals surface area contributed by atoms with Crippen LogP contribution < -0.4 is 5.32 Å². The van der Waals surface area contributed by atoms with Gasteiger partial charge in [-0.1, -0.05) is 6.07 Å². The number of sulfonamides is 1. The van der Waals surface area contributed by atoms with Gasteiger partial charge in [-0.05, 0) is 36.2 Å². The van der Waals surface area contributed by atoms with Gasteiger partial charge in [-0.3, -0.25) is 9.78 Å². The first-order valence-electron chi connectivity index (χ1n) is 8.44. The Morgan fingerprint density at radius 1 is 1.19 bits per heavy atom. The predicted octanol–water partition coefficient (Wildman–Crippen LogP) is 1.56. The molecule has 4 rings (SSSR count). The van der Waals surface area contributed by atoms with Crippen LogP contribution in [0.4, 0.5) is 0 Å². The lowest BCUT2D eigenvalue weighted by molar-refractivity contribution is -0.119. The van der Waals surface area contributed by atoms with Crippen LogP contribution in [0.5, 0.6) is 0 Å². The minimum absolute atomic E-state index is 0.0490. The normalized spacial score (nSPS) is 17.5. The second-order valence-electron chi connectivity index (χ2n) is 6.34. The number of pyridine rings is 1. The number of nitrogens with zero attached hydrogens (tertiary/aromatic N) is 4. The van der Waals surface area contributed by atoms with Gasteiger partial charge in [0.15, 0.2) is 0 Å². The summed E-state index contributed by atoms with van der Waals surface area (Å²) in [5, 5.41) is 2.84. The van der Waals surface area contributed by atoms with E-state index in [1.54, 1.807) is 42.7 Å². The minimum atomic E-state index is -3.83. The van der Waals surface area contributed by atoms with E-state index < -0.39 is 10.0 Å². The first kappa shape index (κ1) is 18.0. The fourth-order valence-electron chi connectivity index (χ4n) is 3.13. The van der Waals surface area contributed by atoms with Gasteiger partial charge in [-0.2, -0.15) is 13.1 Å². The van der Waals surface area contributed by atoms with Crippen molar-refractivity contribution in [2.45, 2.75) is 30.3 Å². The van der Waals surface area contributed by atoms with Crippen LogP contribution in [0.25, 0.3) is 11.0 Å². The van der Waals surface area contributed by atoms with Gasteiger partial charge in [0.2, 0.25) is 15.9 Å². The van der Waals surface area contributed by atoms with Crippen molar-refractivity contribution >= 4 is 38.7 Å². The molecule has 10 heteroatoms. The third-order valence-corrected chi connectivity index (χ3v) is 6.87. The number of fused-ring (bicyclic) bond motifs is 1. The van der Waals surface area contributed by atoms with E-state index >= 15 is 0 Å². The maximum Gasteiger partial charge on any atom is 0.245 e. The summed E-state index contributed by atoms with van der Waals surface area (Å²) in [6, 6.07) is 8.30. The molecule has 1 aliphatic heterocycles. The monoisotopic (exact) mass is 403 g/mol. The highest BCUT2D eigenvalue weighted by molar-refractivity contribution is 7.89. The molecule has 8 nitrogen and oxygen atoms in total. The first-order chi connectivity index (χ1) is 13.0. The van der Waals surface area contributed by atoms with E-state index in [-0.39, 0.29) is 29.9 Å². The summed E-state index contributed by atoms with van der Waals surface area (Å²) in [5.74, 6) is -0.0490. The van der Waals surface area contributed by atoms with Gasteiger partial charge in [-0.15, -0.1) is 0 Å². The maximum atomic E-state index is 13.5. The van der Waals surface area contributed by atoms with Crippen molar-refractivity contribution in [1.29, 1.82) is 0 Å². The molecule has 1 atom stereocenters. The van der Waals surface area contributed by atoms with E-state index in [1.165, 1.54) is 4.31 Å². The Kier molecular flexibility index (Phi) is 4.85. The van der Waals surface area contributed by atoms with E-state index in [9.17, 15) is 13.2 Å². The fourth-order valence-corrected chi connectivity index (χ4v) is 5.35. The van der Waals surface area contributed by atoms with Gasteiger partial charge < -0.3 is 5.32 Å². The van der Waals surface area contributed by atoms with E-state index in [0.29, 0.717) is 23.9 Å². The summed E-state index contributed by atoms with van der Waals surface area (Å²) in [6.45, 7) is 0.384. The summed E-state index contributed by atoms with van der Waals surface area (Å²) in [7, 11) is -3.83. The van der Waals surface area contributed by atoms with Crippen molar-refractivity contribution in [3.63, 3.8) is 0 Å². The second-order valence-corrected chi connectivity index (χ2v) is 8.78. The van der Waals surface area contributed by atoms with Crippen LogP contribution in [0.2, 0.25) is 0 Å². The molecule has 27 heavy (non-hydrogen) atoms. The SMILES string of the molecule is O=C1CC[C@@H](CN(Cc2ccncc2)S(=O)(=O)c2cccc3nsnc23)N1. The molecule has 1 fully saturated rings. The summed E-state index contributed by atoms with van der Waals surface area (Å²) in [4.78, 5) is 15.7. The molecule has 1 saturated heterocycles. The summed E-state index contributed by atoms with van der Waals surface area (Å²) >= 11 is 0.984. The smallest absolute Gasteiger partial charge is 0.245 e.